The van der Waals surface area contributed by atoms with Crippen LogP contribution >= 0.6 is 23.1 Å². The summed E-state index contributed by atoms with van der Waals surface area (Å²) in [4.78, 5) is 18.2. The largest absolute Gasteiger partial charge is 0.481 e. The smallest absolute Gasteiger partial charge is 0.328 e. The van der Waals surface area contributed by atoms with Crippen molar-refractivity contribution in [2.45, 2.75) is 22.4 Å². The summed E-state index contributed by atoms with van der Waals surface area (Å²) in [6, 6.07) is 8.95. The van der Waals surface area contributed by atoms with Crippen molar-refractivity contribution in [1.29, 1.82) is 0 Å². The fourth-order valence-corrected chi connectivity index (χ4v) is 6.64. The van der Waals surface area contributed by atoms with E-state index in [9.17, 15) is 22.0 Å². The standard InChI is InChI=1S/C18H15F2N3O4S3/c19-18(20)23(30(26,27)15-5-2-6-28-15)13-4-1-3-10-7-12(22-16(10)13)17-21-9-11(29-17)8-14(24)25/h1-7,11,18,22H,8-9H2,(H,24,25). The molecule has 12 heteroatoms. The van der Waals surface area contributed by atoms with Crippen molar-refractivity contribution in [1.82, 2.24) is 4.98 Å². The van der Waals surface area contributed by atoms with Gasteiger partial charge in [0, 0.05) is 10.6 Å². The highest BCUT2D eigenvalue weighted by Gasteiger charge is 2.34. The molecule has 0 amide bonds. The number of aromatic amines is 1. The molecule has 3 aromatic rings. The van der Waals surface area contributed by atoms with Crippen molar-refractivity contribution in [3.63, 3.8) is 0 Å². The second kappa shape index (κ2) is 8.00. The number of hydrogen-bond donors (Lipinski definition) is 2. The lowest BCUT2D eigenvalue weighted by Gasteiger charge is -2.23. The second-order valence-corrected chi connectivity index (χ2v) is 10.7. The molecular weight excluding hydrogens is 456 g/mol. The van der Waals surface area contributed by atoms with E-state index in [0.717, 1.165) is 11.3 Å². The van der Waals surface area contributed by atoms with E-state index in [2.05, 4.69) is 9.98 Å². The van der Waals surface area contributed by atoms with Crippen LogP contribution in [0.25, 0.3) is 10.9 Å². The lowest BCUT2D eigenvalue weighted by Crippen LogP contribution is -2.35. The molecule has 0 radical (unpaired) electrons. The molecule has 1 aliphatic heterocycles. The molecule has 1 unspecified atom stereocenters. The average Bonchev–Trinajstić information content (AvgIpc) is 3.41. The summed E-state index contributed by atoms with van der Waals surface area (Å²) in [6.07, 6.45) is -0.0403. The van der Waals surface area contributed by atoms with E-state index in [0.29, 0.717) is 22.7 Å². The first-order valence-corrected chi connectivity index (χ1v) is 11.9. The lowest BCUT2D eigenvalue weighted by atomic mass is 10.2. The second-order valence-electron chi connectivity index (χ2n) is 6.42. The number of H-pyrrole nitrogens is 1. The minimum absolute atomic E-state index is 0.0403. The summed E-state index contributed by atoms with van der Waals surface area (Å²) in [5.74, 6) is -0.922. The maximum Gasteiger partial charge on any atom is 0.328 e. The van der Waals surface area contributed by atoms with Crippen molar-refractivity contribution >= 4 is 60.7 Å². The molecule has 30 heavy (non-hydrogen) atoms. The number of carboxylic acids is 1. The normalized spacial score (nSPS) is 16.9. The molecule has 0 fully saturated rings. The quantitative estimate of drug-likeness (QED) is 0.508. The van der Waals surface area contributed by atoms with E-state index in [1.54, 1.807) is 12.1 Å². The third kappa shape index (κ3) is 3.82. The zero-order valence-corrected chi connectivity index (χ0v) is 17.6. The fourth-order valence-electron chi connectivity index (χ4n) is 3.15. The molecule has 0 spiro atoms. The van der Waals surface area contributed by atoms with Gasteiger partial charge in [0.2, 0.25) is 0 Å². The molecule has 0 saturated heterocycles. The van der Waals surface area contributed by atoms with Gasteiger partial charge >= 0.3 is 12.5 Å². The highest BCUT2D eigenvalue weighted by atomic mass is 32.2. The number of aliphatic imine (C=N–C) groups is 1. The number of thiophene rings is 1. The monoisotopic (exact) mass is 471 g/mol. The van der Waals surface area contributed by atoms with Crippen LogP contribution in [0.5, 0.6) is 0 Å². The molecule has 3 heterocycles. The predicted octanol–water partition coefficient (Wildman–Crippen LogP) is 3.98. The van der Waals surface area contributed by atoms with Crippen LogP contribution in [-0.4, -0.2) is 47.9 Å². The summed E-state index contributed by atoms with van der Waals surface area (Å²) >= 11 is 2.15. The lowest BCUT2D eigenvalue weighted by molar-refractivity contribution is -0.136. The summed E-state index contributed by atoms with van der Waals surface area (Å²) < 4.78 is 53.5. The van der Waals surface area contributed by atoms with Gasteiger partial charge in [0.1, 0.15) is 9.25 Å². The Balaban J connectivity index is 1.74. The molecule has 0 bridgehead atoms. The third-order valence-electron chi connectivity index (χ3n) is 4.41. The first kappa shape index (κ1) is 20.8. The maximum absolute atomic E-state index is 13.9. The van der Waals surface area contributed by atoms with Gasteiger partial charge in [-0.15, -0.1) is 11.3 Å². The van der Waals surface area contributed by atoms with Crippen LogP contribution in [0.4, 0.5) is 14.5 Å². The molecule has 1 atom stereocenters. The highest BCUT2D eigenvalue weighted by molar-refractivity contribution is 8.15. The molecule has 4 rings (SSSR count). The number of carbonyl (C=O) groups is 1. The summed E-state index contributed by atoms with van der Waals surface area (Å²) in [5, 5.41) is 11.3. The molecular formula is C18H15F2N3O4S3. The number of carboxylic acid groups (broad SMARTS) is 1. The Bertz CT molecular complexity index is 1220. The summed E-state index contributed by atoms with van der Waals surface area (Å²) in [6.45, 7) is -2.95. The van der Waals surface area contributed by atoms with E-state index >= 15 is 0 Å². The predicted molar refractivity (Wildman–Crippen MR) is 113 cm³/mol. The molecule has 0 saturated carbocycles. The first-order chi connectivity index (χ1) is 14.3. The average molecular weight is 472 g/mol. The van der Waals surface area contributed by atoms with Crippen LogP contribution in [0.15, 0.2) is 51.0 Å². The number of nitrogens with one attached hydrogen (secondary N) is 1. The zero-order valence-electron chi connectivity index (χ0n) is 15.2. The van der Waals surface area contributed by atoms with Gasteiger partial charge < -0.3 is 10.1 Å². The van der Waals surface area contributed by atoms with Gasteiger partial charge in [-0.1, -0.05) is 30.0 Å². The minimum atomic E-state index is -4.45. The molecule has 1 aliphatic rings. The number of rotatable bonds is 7. The van der Waals surface area contributed by atoms with Crippen LogP contribution in [-0.2, 0) is 14.8 Å². The Morgan fingerprint density at radius 1 is 1.33 bits per heavy atom. The van der Waals surface area contributed by atoms with Crippen LogP contribution in [0.1, 0.15) is 12.1 Å². The molecule has 0 aliphatic carbocycles. The fraction of sp³-hybridized carbons (Fsp3) is 0.222. The zero-order chi connectivity index (χ0) is 21.5. The number of alkyl halides is 2. The van der Waals surface area contributed by atoms with Crippen LogP contribution in [0, 0.1) is 0 Å². The Labute approximate surface area is 178 Å². The Kier molecular flexibility index (Phi) is 5.55. The number of anilines is 1. The topological polar surface area (TPSA) is 103 Å². The third-order valence-corrected chi connectivity index (χ3v) is 8.73. The van der Waals surface area contributed by atoms with Crippen LogP contribution in [0.2, 0.25) is 0 Å². The van der Waals surface area contributed by atoms with Crippen molar-refractivity contribution in [3.05, 3.63) is 47.5 Å². The molecule has 7 nitrogen and oxygen atoms in total. The molecule has 2 N–H and O–H groups in total. The van der Waals surface area contributed by atoms with Gasteiger partial charge in [-0.3, -0.25) is 9.79 Å². The Hall–Kier alpha value is -2.44. The number of hydrogen-bond acceptors (Lipinski definition) is 6. The van der Waals surface area contributed by atoms with E-state index in [1.807, 2.05) is 0 Å². The Morgan fingerprint density at radius 2 is 2.13 bits per heavy atom. The molecule has 2 aromatic heterocycles. The van der Waals surface area contributed by atoms with E-state index in [-0.39, 0.29) is 31.4 Å². The highest BCUT2D eigenvalue weighted by Crippen LogP contribution is 2.36. The number of aliphatic carboxylic acids is 1. The number of nitrogens with zero attached hydrogens (tertiary/aromatic N) is 2. The SMILES string of the molecule is O=C(O)CC1CN=C(c2cc3cccc(N(C(F)F)S(=O)(=O)c4cccs4)c3[nH]2)S1. The number of thioether (sulfide) groups is 1. The summed E-state index contributed by atoms with van der Waals surface area (Å²) in [5.41, 5.74) is 0.587. The van der Waals surface area contributed by atoms with E-state index in [4.69, 9.17) is 5.11 Å². The summed E-state index contributed by atoms with van der Waals surface area (Å²) in [7, 11) is -4.45. The number of fused-ring (bicyclic) bond motifs is 1. The Morgan fingerprint density at radius 3 is 2.80 bits per heavy atom. The molecule has 1 aromatic carbocycles. The number of sulfonamides is 1. The maximum atomic E-state index is 13.9. The van der Waals surface area contributed by atoms with Crippen molar-refractivity contribution in [3.8, 4) is 0 Å². The van der Waals surface area contributed by atoms with Crippen LogP contribution < -0.4 is 4.31 Å². The van der Waals surface area contributed by atoms with Gasteiger partial charge in [0.05, 0.1) is 29.9 Å². The van der Waals surface area contributed by atoms with E-state index < -0.39 is 22.5 Å². The van der Waals surface area contributed by atoms with Gasteiger partial charge in [0.25, 0.3) is 10.0 Å². The first-order valence-electron chi connectivity index (χ1n) is 8.68. The van der Waals surface area contributed by atoms with Gasteiger partial charge in [-0.2, -0.15) is 8.78 Å². The number of benzene rings is 1. The van der Waals surface area contributed by atoms with Crippen molar-refractivity contribution in [2.24, 2.45) is 4.99 Å². The van der Waals surface area contributed by atoms with E-state index in [1.165, 1.54) is 41.4 Å². The van der Waals surface area contributed by atoms with Gasteiger partial charge in [0.15, 0.2) is 0 Å². The van der Waals surface area contributed by atoms with Gasteiger partial charge in [-0.25, -0.2) is 12.7 Å². The van der Waals surface area contributed by atoms with Crippen molar-refractivity contribution in [2.75, 3.05) is 10.8 Å². The van der Waals surface area contributed by atoms with Crippen molar-refractivity contribution < 1.29 is 27.1 Å². The number of para-hydroxylation sites is 1. The number of aromatic nitrogens is 1. The molecule has 158 valence electrons. The minimum Gasteiger partial charge on any atom is -0.481 e. The number of halogens is 2. The van der Waals surface area contributed by atoms with Gasteiger partial charge in [-0.05, 0) is 23.6 Å². The van der Waals surface area contributed by atoms with Crippen LogP contribution in [0.3, 0.4) is 0 Å².